The number of nitrogens with zero attached hydrogens (tertiary/aromatic N) is 3. The van der Waals surface area contributed by atoms with E-state index < -0.39 is 21.4 Å². The molecule has 0 N–H and O–H groups in total. The third-order valence-electron chi connectivity index (χ3n) is 3.93. The fourth-order valence-corrected chi connectivity index (χ4v) is 4.03. The third-order valence-corrected chi connectivity index (χ3v) is 5.41. The molecule has 7 nitrogen and oxygen atoms in total. The number of hydrogen-bond donors (Lipinski definition) is 0. The maximum atomic E-state index is 13.7. The van der Waals surface area contributed by atoms with Crippen molar-refractivity contribution >= 4 is 9.84 Å². The van der Waals surface area contributed by atoms with E-state index in [-0.39, 0.29) is 28.7 Å². The topological polar surface area (TPSA) is 99.1 Å². The molecule has 0 fully saturated rings. The van der Waals surface area contributed by atoms with Crippen molar-refractivity contribution in [3.8, 4) is 23.0 Å². The smallest absolute Gasteiger partial charge is 0.293 e. The Labute approximate surface area is 159 Å². The lowest BCUT2D eigenvalue weighted by atomic mass is 10.2. The summed E-state index contributed by atoms with van der Waals surface area (Å²) in [5.74, 6) is -0.388. The molecular formula is C19H14FN3O4S. The Morgan fingerprint density at radius 2 is 1.75 bits per heavy atom. The molecule has 0 aliphatic carbocycles. The SMILES string of the molecule is O=S(=O)(Cc1ccc(-c2nc(-c3ccncc3)no2)o1)Cc1ccccc1F. The first-order valence-electron chi connectivity index (χ1n) is 8.27. The lowest BCUT2D eigenvalue weighted by Gasteiger charge is -2.04. The van der Waals surface area contributed by atoms with Crippen molar-refractivity contribution < 1.29 is 21.7 Å². The predicted molar refractivity (Wildman–Crippen MR) is 98.0 cm³/mol. The molecule has 0 aliphatic rings. The van der Waals surface area contributed by atoms with Crippen LogP contribution in [-0.4, -0.2) is 23.5 Å². The normalized spacial score (nSPS) is 11.6. The molecule has 0 bridgehead atoms. The fourth-order valence-electron chi connectivity index (χ4n) is 2.63. The highest BCUT2D eigenvalue weighted by Crippen LogP contribution is 2.25. The summed E-state index contributed by atoms with van der Waals surface area (Å²) in [4.78, 5) is 8.17. The van der Waals surface area contributed by atoms with E-state index in [1.165, 1.54) is 24.3 Å². The Hall–Kier alpha value is -3.33. The van der Waals surface area contributed by atoms with Crippen molar-refractivity contribution in [2.45, 2.75) is 11.5 Å². The Bertz CT molecular complexity index is 1200. The highest BCUT2D eigenvalue weighted by Gasteiger charge is 2.20. The molecule has 0 saturated heterocycles. The first kappa shape index (κ1) is 18.1. The lowest BCUT2D eigenvalue weighted by Crippen LogP contribution is -2.08. The van der Waals surface area contributed by atoms with Crippen LogP contribution in [0.3, 0.4) is 0 Å². The van der Waals surface area contributed by atoms with Crippen molar-refractivity contribution in [1.82, 2.24) is 15.1 Å². The van der Waals surface area contributed by atoms with Crippen LogP contribution in [0.2, 0.25) is 0 Å². The van der Waals surface area contributed by atoms with Crippen LogP contribution >= 0.6 is 0 Å². The van der Waals surface area contributed by atoms with Crippen molar-refractivity contribution in [2.75, 3.05) is 0 Å². The molecular weight excluding hydrogens is 385 g/mol. The molecule has 0 amide bonds. The van der Waals surface area contributed by atoms with E-state index in [0.717, 1.165) is 5.56 Å². The van der Waals surface area contributed by atoms with Gasteiger partial charge in [0.2, 0.25) is 5.82 Å². The van der Waals surface area contributed by atoms with Crippen molar-refractivity contribution in [3.05, 3.63) is 78.1 Å². The van der Waals surface area contributed by atoms with Crippen molar-refractivity contribution in [1.29, 1.82) is 0 Å². The molecule has 0 atom stereocenters. The number of pyridine rings is 1. The number of benzene rings is 1. The van der Waals surface area contributed by atoms with Gasteiger partial charge in [-0.1, -0.05) is 23.4 Å². The second kappa shape index (κ2) is 7.35. The molecule has 0 saturated carbocycles. The largest absolute Gasteiger partial charge is 0.455 e. The summed E-state index contributed by atoms with van der Waals surface area (Å²) in [6.07, 6.45) is 3.22. The number of hydrogen-bond acceptors (Lipinski definition) is 7. The monoisotopic (exact) mass is 399 g/mol. The Balaban J connectivity index is 1.50. The van der Waals surface area contributed by atoms with E-state index in [9.17, 15) is 12.8 Å². The number of halogens is 1. The summed E-state index contributed by atoms with van der Waals surface area (Å²) in [5.41, 5.74) is 0.845. The van der Waals surface area contributed by atoms with Gasteiger partial charge in [0.1, 0.15) is 17.3 Å². The molecule has 0 aliphatic heterocycles. The quantitative estimate of drug-likeness (QED) is 0.488. The first-order chi connectivity index (χ1) is 13.5. The van der Waals surface area contributed by atoms with Gasteiger partial charge in [-0.3, -0.25) is 4.98 Å². The van der Waals surface area contributed by atoms with Crippen molar-refractivity contribution in [3.63, 3.8) is 0 Å². The van der Waals surface area contributed by atoms with Crippen LogP contribution < -0.4 is 0 Å². The summed E-state index contributed by atoms with van der Waals surface area (Å²) < 4.78 is 49.2. The highest BCUT2D eigenvalue weighted by molar-refractivity contribution is 7.89. The van der Waals surface area contributed by atoms with Gasteiger partial charge < -0.3 is 8.94 Å². The minimum atomic E-state index is -3.62. The molecule has 0 spiro atoms. The van der Waals surface area contributed by atoms with E-state index in [1.807, 2.05) is 0 Å². The fraction of sp³-hybridized carbons (Fsp3) is 0.105. The summed E-state index contributed by atoms with van der Waals surface area (Å²) in [6.45, 7) is 0. The Morgan fingerprint density at radius 1 is 0.964 bits per heavy atom. The average Bonchev–Trinajstić information content (AvgIpc) is 3.33. The van der Waals surface area contributed by atoms with E-state index in [1.54, 1.807) is 36.7 Å². The molecule has 3 heterocycles. The minimum absolute atomic E-state index is 0.119. The predicted octanol–water partition coefficient (Wildman–Crippen LogP) is 3.65. The minimum Gasteiger partial charge on any atom is -0.455 e. The van der Waals surface area contributed by atoms with Gasteiger partial charge in [-0.05, 0) is 30.3 Å². The number of rotatable bonds is 6. The number of aromatic nitrogens is 3. The second-order valence-corrected chi connectivity index (χ2v) is 8.11. The zero-order valence-corrected chi connectivity index (χ0v) is 15.3. The van der Waals surface area contributed by atoms with E-state index in [0.29, 0.717) is 5.82 Å². The molecule has 28 heavy (non-hydrogen) atoms. The molecule has 0 radical (unpaired) electrons. The van der Waals surface area contributed by atoms with Crippen LogP contribution in [0.4, 0.5) is 4.39 Å². The van der Waals surface area contributed by atoms with Gasteiger partial charge >= 0.3 is 0 Å². The molecule has 0 unspecified atom stereocenters. The highest BCUT2D eigenvalue weighted by atomic mass is 32.2. The zero-order valence-electron chi connectivity index (χ0n) is 14.4. The van der Waals surface area contributed by atoms with Crippen LogP contribution in [0.1, 0.15) is 11.3 Å². The summed E-state index contributed by atoms with van der Waals surface area (Å²) in [7, 11) is -3.62. The number of sulfone groups is 1. The van der Waals surface area contributed by atoms with Gasteiger partial charge in [-0.25, -0.2) is 12.8 Å². The first-order valence-corrected chi connectivity index (χ1v) is 10.1. The average molecular weight is 399 g/mol. The Kier molecular flexibility index (Phi) is 4.74. The number of furan rings is 1. The van der Waals surface area contributed by atoms with Crippen molar-refractivity contribution in [2.24, 2.45) is 0 Å². The van der Waals surface area contributed by atoms with Gasteiger partial charge in [0.15, 0.2) is 15.6 Å². The van der Waals surface area contributed by atoms with Gasteiger partial charge in [0, 0.05) is 23.5 Å². The van der Waals surface area contributed by atoms with Gasteiger partial charge in [-0.15, -0.1) is 0 Å². The van der Waals surface area contributed by atoms with E-state index >= 15 is 0 Å². The Morgan fingerprint density at radius 3 is 2.54 bits per heavy atom. The van der Waals surface area contributed by atoms with Crippen LogP contribution in [0.15, 0.2) is 69.9 Å². The van der Waals surface area contributed by atoms with Crippen LogP contribution in [0, 0.1) is 5.82 Å². The molecule has 3 aromatic heterocycles. The van der Waals surface area contributed by atoms with Crippen LogP contribution in [0.5, 0.6) is 0 Å². The van der Waals surface area contributed by atoms with Gasteiger partial charge in [0.05, 0.1) is 5.75 Å². The molecule has 4 rings (SSSR count). The second-order valence-electron chi connectivity index (χ2n) is 6.05. The van der Waals surface area contributed by atoms with Crippen LogP contribution in [0.25, 0.3) is 23.0 Å². The maximum absolute atomic E-state index is 13.7. The molecule has 9 heteroatoms. The summed E-state index contributed by atoms with van der Waals surface area (Å²) in [5, 5.41) is 3.88. The lowest BCUT2D eigenvalue weighted by molar-refractivity contribution is 0.413. The van der Waals surface area contributed by atoms with Gasteiger partial charge in [-0.2, -0.15) is 4.98 Å². The molecule has 1 aromatic carbocycles. The zero-order chi connectivity index (χ0) is 19.6. The summed E-state index contributed by atoms with van der Waals surface area (Å²) in [6, 6.07) is 12.3. The van der Waals surface area contributed by atoms with E-state index in [2.05, 4.69) is 15.1 Å². The standard InChI is InChI=1S/C19H14FN3O4S/c20-16-4-2-1-3-14(16)11-28(24,25)12-15-5-6-17(26-15)19-22-18(23-27-19)13-7-9-21-10-8-13/h1-10H,11-12H2. The maximum Gasteiger partial charge on any atom is 0.293 e. The molecule has 142 valence electrons. The van der Waals surface area contributed by atoms with E-state index in [4.69, 9.17) is 8.94 Å². The van der Waals surface area contributed by atoms with Gasteiger partial charge in [0.25, 0.3) is 5.89 Å². The van der Waals surface area contributed by atoms with Crippen LogP contribution in [-0.2, 0) is 21.3 Å². The third kappa shape index (κ3) is 3.99. The summed E-state index contributed by atoms with van der Waals surface area (Å²) >= 11 is 0. The molecule has 4 aromatic rings.